The topological polar surface area (TPSA) is 23.8 Å². The van der Waals surface area contributed by atoms with Crippen molar-refractivity contribution < 1.29 is 8.78 Å². The molecule has 18 heavy (non-hydrogen) atoms. The van der Waals surface area contributed by atoms with Gasteiger partial charge in [0, 0.05) is 6.07 Å². The number of nitriles is 1. The van der Waals surface area contributed by atoms with E-state index in [1.165, 1.54) is 12.1 Å². The van der Waals surface area contributed by atoms with Crippen LogP contribution >= 0.6 is 0 Å². The monoisotopic (exact) mass is 249 g/mol. The highest BCUT2D eigenvalue weighted by molar-refractivity contribution is 5.22. The van der Waals surface area contributed by atoms with Crippen LogP contribution in [0.5, 0.6) is 0 Å². The lowest BCUT2D eigenvalue weighted by Crippen LogP contribution is -2.28. The van der Waals surface area contributed by atoms with Gasteiger partial charge in [0.15, 0.2) is 0 Å². The maximum atomic E-state index is 13.2. The Morgan fingerprint density at radius 3 is 2.56 bits per heavy atom. The minimum Gasteiger partial charge on any atom is -0.207 e. The maximum absolute atomic E-state index is 13.2. The first-order chi connectivity index (χ1) is 8.53. The van der Waals surface area contributed by atoms with Crippen LogP contribution in [0.25, 0.3) is 0 Å². The molecule has 1 saturated carbocycles. The van der Waals surface area contributed by atoms with Crippen LogP contribution in [-0.2, 0) is 6.42 Å². The Labute approximate surface area is 106 Å². The predicted molar refractivity (Wildman–Crippen MR) is 65.7 cm³/mol. The number of rotatable bonds is 2. The lowest BCUT2D eigenvalue weighted by Gasteiger charge is -2.34. The van der Waals surface area contributed by atoms with E-state index in [-0.39, 0.29) is 0 Å². The summed E-state index contributed by atoms with van der Waals surface area (Å²) in [6.07, 6.45) is 4.25. The van der Waals surface area contributed by atoms with Crippen molar-refractivity contribution in [1.29, 1.82) is 5.26 Å². The van der Waals surface area contributed by atoms with Crippen LogP contribution in [0.4, 0.5) is 8.78 Å². The average molecular weight is 249 g/mol. The molecule has 3 heteroatoms. The van der Waals surface area contributed by atoms with Gasteiger partial charge in [-0.1, -0.05) is 19.8 Å². The number of hydrogen-bond acceptors (Lipinski definition) is 1. The summed E-state index contributed by atoms with van der Waals surface area (Å²) in [5, 5.41) is 9.42. The second-order valence-electron chi connectivity index (χ2n) is 5.55. The Bertz CT molecular complexity index is 458. The molecule has 0 saturated heterocycles. The summed E-state index contributed by atoms with van der Waals surface area (Å²) < 4.78 is 26.3. The average Bonchev–Trinajstić information content (AvgIpc) is 2.27. The number of halogens is 2. The molecule has 1 aliphatic carbocycles. The van der Waals surface area contributed by atoms with E-state index >= 15 is 0 Å². The van der Waals surface area contributed by atoms with Gasteiger partial charge in [-0.05, 0) is 42.9 Å². The van der Waals surface area contributed by atoms with Crippen molar-refractivity contribution in [1.82, 2.24) is 0 Å². The smallest absolute Gasteiger partial charge is 0.126 e. The highest BCUT2D eigenvalue weighted by atomic mass is 19.1. The van der Waals surface area contributed by atoms with Crippen molar-refractivity contribution in [3.63, 3.8) is 0 Å². The van der Waals surface area contributed by atoms with Crippen molar-refractivity contribution in [2.24, 2.45) is 11.3 Å². The second kappa shape index (κ2) is 5.06. The van der Waals surface area contributed by atoms with Gasteiger partial charge >= 0.3 is 0 Å². The van der Waals surface area contributed by atoms with Crippen LogP contribution in [0, 0.1) is 34.3 Å². The zero-order valence-electron chi connectivity index (χ0n) is 10.5. The van der Waals surface area contributed by atoms with Gasteiger partial charge < -0.3 is 0 Å². The molecule has 0 heterocycles. The van der Waals surface area contributed by atoms with Gasteiger partial charge in [-0.2, -0.15) is 5.26 Å². The van der Waals surface area contributed by atoms with Crippen molar-refractivity contribution >= 4 is 0 Å². The van der Waals surface area contributed by atoms with Crippen molar-refractivity contribution in [3.8, 4) is 6.07 Å². The zero-order chi connectivity index (χ0) is 13.2. The van der Waals surface area contributed by atoms with Crippen LogP contribution in [-0.4, -0.2) is 0 Å². The molecule has 0 aromatic heterocycles. The van der Waals surface area contributed by atoms with E-state index in [0.717, 1.165) is 31.7 Å². The third kappa shape index (κ3) is 2.87. The van der Waals surface area contributed by atoms with Crippen molar-refractivity contribution in [3.05, 3.63) is 35.4 Å². The Morgan fingerprint density at radius 1 is 1.33 bits per heavy atom. The highest BCUT2D eigenvalue weighted by Crippen LogP contribution is 2.41. The molecule has 2 unspecified atom stereocenters. The predicted octanol–water partition coefficient (Wildman–Crippen LogP) is 4.23. The van der Waals surface area contributed by atoms with Gasteiger partial charge in [-0.3, -0.25) is 0 Å². The summed E-state index contributed by atoms with van der Waals surface area (Å²) >= 11 is 0. The third-order valence-corrected chi connectivity index (χ3v) is 3.79. The minimum absolute atomic E-state index is 0.447. The fraction of sp³-hybridized carbons (Fsp3) is 0.533. The van der Waals surface area contributed by atoms with E-state index in [2.05, 4.69) is 13.0 Å². The van der Waals surface area contributed by atoms with Gasteiger partial charge in [0.05, 0.1) is 11.5 Å². The molecule has 0 aliphatic heterocycles. The summed E-state index contributed by atoms with van der Waals surface area (Å²) in [6, 6.07) is 5.93. The van der Waals surface area contributed by atoms with Gasteiger partial charge in [-0.15, -0.1) is 0 Å². The molecule has 0 radical (unpaired) electrons. The van der Waals surface area contributed by atoms with E-state index in [1.807, 2.05) is 0 Å². The van der Waals surface area contributed by atoms with Gasteiger partial charge in [0.1, 0.15) is 11.6 Å². The summed E-state index contributed by atoms with van der Waals surface area (Å²) in [4.78, 5) is 0. The van der Waals surface area contributed by atoms with E-state index < -0.39 is 17.0 Å². The van der Waals surface area contributed by atoms with Gasteiger partial charge in [0.25, 0.3) is 0 Å². The first-order valence-corrected chi connectivity index (χ1v) is 6.39. The van der Waals surface area contributed by atoms with Crippen LogP contribution in [0.2, 0.25) is 0 Å². The molecule has 2 rings (SSSR count). The second-order valence-corrected chi connectivity index (χ2v) is 5.55. The Kier molecular flexibility index (Phi) is 3.65. The minimum atomic E-state index is -0.568. The van der Waals surface area contributed by atoms with Gasteiger partial charge in [-0.25, -0.2) is 8.78 Å². The Morgan fingerprint density at radius 2 is 2.00 bits per heavy atom. The molecule has 0 N–H and O–H groups in total. The van der Waals surface area contributed by atoms with Crippen LogP contribution in [0.15, 0.2) is 18.2 Å². The third-order valence-electron chi connectivity index (χ3n) is 3.79. The summed E-state index contributed by atoms with van der Waals surface area (Å²) in [5.74, 6) is -0.624. The quantitative estimate of drug-likeness (QED) is 0.769. The van der Waals surface area contributed by atoms with Crippen LogP contribution in [0.1, 0.15) is 38.2 Å². The van der Waals surface area contributed by atoms with E-state index in [4.69, 9.17) is 0 Å². The van der Waals surface area contributed by atoms with Crippen molar-refractivity contribution in [2.45, 2.75) is 39.0 Å². The van der Waals surface area contributed by atoms with Crippen LogP contribution in [0.3, 0.4) is 0 Å². The fourth-order valence-electron chi connectivity index (χ4n) is 3.07. The molecule has 2 atom stereocenters. The molecule has 96 valence electrons. The van der Waals surface area contributed by atoms with Crippen LogP contribution < -0.4 is 0 Å². The SMILES string of the molecule is CC1CCCC(C#N)(Cc2cc(F)cc(F)c2)C1. The van der Waals surface area contributed by atoms with E-state index in [9.17, 15) is 14.0 Å². The Hall–Kier alpha value is -1.43. The first-order valence-electron chi connectivity index (χ1n) is 6.39. The normalized spacial score (nSPS) is 27.8. The molecule has 1 aromatic rings. The van der Waals surface area contributed by atoms with E-state index in [0.29, 0.717) is 17.9 Å². The molecule has 0 bridgehead atoms. The number of benzene rings is 1. The summed E-state index contributed by atoms with van der Waals surface area (Å²) in [7, 11) is 0. The molecule has 1 fully saturated rings. The molecule has 1 aromatic carbocycles. The lowest BCUT2D eigenvalue weighted by molar-refractivity contribution is 0.209. The maximum Gasteiger partial charge on any atom is 0.126 e. The number of nitrogens with zero attached hydrogens (tertiary/aromatic N) is 1. The highest BCUT2D eigenvalue weighted by Gasteiger charge is 2.35. The molecular formula is C15H17F2N. The standard InChI is InChI=1S/C15H17F2N/c1-11-3-2-4-15(8-11,10-18)9-12-5-13(16)7-14(17)6-12/h5-7,11H,2-4,8-9H2,1H3. The largest absolute Gasteiger partial charge is 0.207 e. The zero-order valence-corrected chi connectivity index (χ0v) is 10.5. The molecule has 1 nitrogen and oxygen atoms in total. The molecular weight excluding hydrogens is 232 g/mol. The summed E-state index contributed by atoms with van der Waals surface area (Å²) in [5.41, 5.74) is 0.140. The molecule has 0 spiro atoms. The molecule has 1 aliphatic rings. The lowest BCUT2D eigenvalue weighted by atomic mass is 9.68. The fourth-order valence-corrected chi connectivity index (χ4v) is 3.07. The molecule has 0 amide bonds. The summed E-state index contributed by atoms with van der Waals surface area (Å²) in [6.45, 7) is 2.14. The first kappa shape index (κ1) is 13.0. The van der Waals surface area contributed by atoms with Crippen molar-refractivity contribution in [2.75, 3.05) is 0 Å². The van der Waals surface area contributed by atoms with Gasteiger partial charge in [0.2, 0.25) is 0 Å². The van der Waals surface area contributed by atoms with E-state index in [1.54, 1.807) is 0 Å². The number of hydrogen-bond donors (Lipinski definition) is 0. The Balaban J connectivity index is 2.22.